The van der Waals surface area contributed by atoms with Gasteiger partial charge in [0.2, 0.25) is 5.91 Å². The van der Waals surface area contributed by atoms with E-state index in [0.29, 0.717) is 26.2 Å². The minimum absolute atomic E-state index is 0.0344. The van der Waals surface area contributed by atoms with E-state index in [1.54, 1.807) is 34.1 Å². The summed E-state index contributed by atoms with van der Waals surface area (Å²) in [5, 5.41) is 0. The molecule has 1 aliphatic carbocycles. The van der Waals surface area contributed by atoms with Crippen molar-refractivity contribution in [1.29, 1.82) is 0 Å². The first-order chi connectivity index (χ1) is 13.0. The van der Waals surface area contributed by atoms with Gasteiger partial charge in [0.25, 0.3) is 5.91 Å². The van der Waals surface area contributed by atoms with E-state index < -0.39 is 11.2 Å². The summed E-state index contributed by atoms with van der Waals surface area (Å²) < 4.78 is 27.0. The molecule has 0 atom stereocenters. The SMILES string of the molecule is O=C(c1ccccc1F)N1CCN(C(=O)C2(c3ccc(F)cc3)CC2)CC1. The highest BCUT2D eigenvalue weighted by atomic mass is 19.1. The molecule has 2 aromatic rings. The lowest BCUT2D eigenvalue weighted by Crippen LogP contribution is -2.53. The number of carbonyl (C=O) groups is 2. The van der Waals surface area contributed by atoms with Gasteiger partial charge in [-0.15, -0.1) is 0 Å². The molecule has 0 unspecified atom stereocenters. The summed E-state index contributed by atoms with van der Waals surface area (Å²) in [5.74, 6) is -1.16. The van der Waals surface area contributed by atoms with E-state index in [4.69, 9.17) is 0 Å². The topological polar surface area (TPSA) is 40.6 Å². The van der Waals surface area contributed by atoms with E-state index in [1.807, 2.05) is 0 Å². The molecule has 1 aliphatic heterocycles. The molecule has 1 heterocycles. The third kappa shape index (κ3) is 3.20. The fraction of sp³-hybridized carbons (Fsp3) is 0.333. The molecule has 0 N–H and O–H groups in total. The summed E-state index contributed by atoms with van der Waals surface area (Å²) in [7, 11) is 0. The lowest BCUT2D eigenvalue weighted by atomic mass is 9.94. The van der Waals surface area contributed by atoms with Crippen LogP contribution in [0.25, 0.3) is 0 Å². The highest BCUT2D eigenvalue weighted by Gasteiger charge is 2.53. The van der Waals surface area contributed by atoms with Crippen molar-refractivity contribution in [2.24, 2.45) is 0 Å². The van der Waals surface area contributed by atoms with Gasteiger partial charge in [-0.3, -0.25) is 9.59 Å². The standard InChI is InChI=1S/C21H20F2N2O2/c22-16-7-5-15(6-8-16)21(9-10-21)20(27)25-13-11-24(12-14-25)19(26)17-3-1-2-4-18(17)23/h1-8H,9-14H2. The van der Waals surface area contributed by atoms with Gasteiger partial charge in [0, 0.05) is 26.2 Å². The molecule has 140 valence electrons. The third-order valence-electron chi connectivity index (χ3n) is 5.51. The third-order valence-corrected chi connectivity index (χ3v) is 5.51. The zero-order chi connectivity index (χ0) is 19.0. The van der Waals surface area contributed by atoms with Crippen molar-refractivity contribution >= 4 is 11.8 Å². The number of amides is 2. The van der Waals surface area contributed by atoms with Crippen LogP contribution in [0.1, 0.15) is 28.8 Å². The fourth-order valence-corrected chi connectivity index (χ4v) is 3.74. The van der Waals surface area contributed by atoms with Gasteiger partial charge in [-0.25, -0.2) is 8.78 Å². The van der Waals surface area contributed by atoms with Crippen LogP contribution in [0.4, 0.5) is 8.78 Å². The maximum absolute atomic E-state index is 13.8. The second-order valence-electron chi connectivity index (χ2n) is 7.15. The van der Waals surface area contributed by atoms with Gasteiger partial charge in [0.05, 0.1) is 11.0 Å². The van der Waals surface area contributed by atoms with Crippen molar-refractivity contribution in [2.75, 3.05) is 26.2 Å². The van der Waals surface area contributed by atoms with E-state index >= 15 is 0 Å². The lowest BCUT2D eigenvalue weighted by molar-refractivity contribution is -0.135. The van der Waals surface area contributed by atoms with Gasteiger partial charge in [-0.2, -0.15) is 0 Å². The maximum Gasteiger partial charge on any atom is 0.256 e. The van der Waals surface area contributed by atoms with Crippen LogP contribution in [-0.2, 0) is 10.2 Å². The van der Waals surface area contributed by atoms with Crippen LogP contribution >= 0.6 is 0 Å². The van der Waals surface area contributed by atoms with Crippen LogP contribution in [0.2, 0.25) is 0 Å². The Labute approximate surface area is 156 Å². The van der Waals surface area contributed by atoms with Crippen molar-refractivity contribution in [1.82, 2.24) is 9.80 Å². The number of carbonyl (C=O) groups excluding carboxylic acids is 2. The molecule has 0 aromatic heterocycles. The number of benzene rings is 2. The summed E-state index contributed by atoms with van der Waals surface area (Å²) in [6.45, 7) is 1.58. The Morgan fingerprint density at radius 1 is 0.815 bits per heavy atom. The van der Waals surface area contributed by atoms with Crippen molar-refractivity contribution in [3.05, 3.63) is 71.3 Å². The van der Waals surface area contributed by atoms with Crippen molar-refractivity contribution < 1.29 is 18.4 Å². The fourth-order valence-electron chi connectivity index (χ4n) is 3.74. The molecule has 0 spiro atoms. The number of hydrogen-bond acceptors (Lipinski definition) is 2. The zero-order valence-electron chi connectivity index (χ0n) is 14.8. The zero-order valence-corrected chi connectivity index (χ0v) is 14.8. The summed E-state index contributed by atoms with van der Waals surface area (Å²) >= 11 is 0. The van der Waals surface area contributed by atoms with Gasteiger partial charge < -0.3 is 9.80 Å². The highest BCUT2D eigenvalue weighted by Crippen LogP contribution is 2.49. The van der Waals surface area contributed by atoms with E-state index in [2.05, 4.69) is 0 Å². The molecule has 2 fully saturated rings. The molecule has 6 heteroatoms. The Kier molecular flexibility index (Phi) is 4.42. The number of hydrogen-bond donors (Lipinski definition) is 0. The molecule has 0 radical (unpaired) electrons. The molecule has 2 amide bonds. The van der Waals surface area contributed by atoms with Crippen LogP contribution in [0.15, 0.2) is 48.5 Å². The number of piperazine rings is 1. The Balaban J connectivity index is 1.42. The Morgan fingerprint density at radius 2 is 1.41 bits per heavy atom. The molecule has 2 aromatic carbocycles. The minimum atomic E-state index is -0.550. The molecular formula is C21H20F2N2O2. The normalized spacial score (nSPS) is 18.3. The van der Waals surface area contributed by atoms with Gasteiger partial charge in [-0.05, 0) is 42.7 Å². The smallest absolute Gasteiger partial charge is 0.256 e. The Hall–Kier alpha value is -2.76. The first-order valence-corrected chi connectivity index (χ1v) is 9.10. The summed E-state index contributed by atoms with van der Waals surface area (Å²) in [5.41, 5.74) is 0.354. The highest BCUT2D eigenvalue weighted by molar-refractivity contribution is 5.95. The Bertz CT molecular complexity index is 870. The predicted molar refractivity (Wildman–Crippen MR) is 96.2 cm³/mol. The van der Waals surface area contributed by atoms with Gasteiger partial charge >= 0.3 is 0 Å². The summed E-state index contributed by atoms with van der Waals surface area (Å²) in [6, 6.07) is 12.1. The van der Waals surface area contributed by atoms with Crippen LogP contribution < -0.4 is 0 Å². The van der Waals surface area contributed by atoms with Crippen molar-refractivity contribution in [3.8, 4) is 0 Å². The first-order valence-electron chi connectivity index (χ1n) is 9.10. The molecule has 4 rings (SSSR count). The maximum atomic E-state index is 13.8. The van der Waals surface area contributed by atoms with Gasteiger partial charge in [-0.1, -0.05) is 24.3 Å². The van der Waals surface area contributed by atoms with Crippen molar-refractivity contribution in [2.45, 2.75) is 18.3 Å². The predicted octanol–water partition coefficient (Wildman–Crippen LogP) is 2.98. The van der Waals surface area contributed by atoms with E-state index in [0.717, 1.165) is 18.4 Å². The second kappa shape index (κ2) is 6.76. The first kappa shape index (κ1) is 17.6. The average molecular weight is 370 g/mol. The molecule has 1 saturated carbocycles. The molecule has 0 bridgehead atoms. The molecule has 4 nitrogen and oxygen atoms in total. The molecule has 2 aliphatic rings. The summed E-state index contributed by atoms with van der Waals surface area (Å²) in [4.78, 5) is 28.9. The van der Waals surface area contributed by atoms with E-state index in [-0.39, 0.29) is 23.2 Å². The minimum Gasteiger partial charge on any atom is -0.338 e. The second-order valence-corrected chi connectivity index (χ2v) is 7.15. The van der Waals surface area contributed by atoms with Gasteiger partial charge in [0.1, 0.15) is 11.6 Å². The average Bonchev–Trinajstić information content (AvgIpc) is 3.50. The monoisotopic (exact) mass is 370 g/mol. The van der Waals surface area contributed by atoms with Crippen LogP contribution in [-0.4, -0.2) is 47.8 Å². The number of nitrogens with zero attached hydrogens (tertiary/aromatic N) is 2. The number of halogens is 2. The van der Waals surface area contributed by atoms with E-state index in [1.165, 1.54) is 24.3 Å². The van der Waals surface area contributed by atoms with Crippen LogP contribution in [0, 0.1) is 11.6 Å². The Morgan fingerprint density at radius 3 is 2.00 bits per heavy atom. The quantitative estimate of drug-likeness (QED) is 0.834. The van der Waals surface area contributed by atoms with Crippen molar-refractivity contribution in [3.63, 3.8) is 0 Å². The molecule has 27 heavy (non-hydrogen) atoms. The van der Waals surface area contributed by atoms with Crippen LogP contribution in [0.3, 0.4) is 0 Å². The molecule has 1 saturated heterocycles. The van der Waals surface area contributed by atoms with Crippen LogP contribution in [0.5, 0.6) is 0 Å². The molecular weight excluding hydrogens is 350 g/mol. The summed E-state index contributed by atoms with van der Waals surface area (Å²) in [6.07, 6.45) is 1.51. The number of rotatable bonds is 3. The van der Waals surface area contributed by atoms with E-state index in [9.17, 15) is 18.4 Å². The largest absolute Gasteiger partial charge is 0.338 e. The van der Waals surface area contributed by atoms with Gasteiger partial charge in [0.15, 0.2) is 0 Å². The lowest BCUT2D eigenvalue weighted by Gasteiger charge is -2.36.